The molecule has 4 aromatic carbocycles. The van der Waals surface area contributed by atoms with Crippen molar-refractivity contribution in [2.75, 3.05) is 37.6 Å². The first-order chi connectivity index (χ1) is 26.4. The van der Waals surface area contributed by atoms with E-state index in [0.29, 0.717) is 39.8 Å². The van der Waals surface area contributed by atoms with Gasteiger partial charge in [-0.1, -0.05) is 61.1 Å². The predicted octanol–water partition coefficient (Wildman–Crippen LogP) is 6.75. The van der Waals surface area contributed by atoms with Crippen LogP contribution in [0, 0.1) is 5.92 Å². The summed E-state index contributed by atoms with van der Waals surface area (Å²) in [4.78, 5) is 45.9. The summed E-state index contributed by atoms with van der Waals surface area (Å²) < 4.78 is 17.9. The van der Waals surface area contributed by atoms with Crippen molar-refractivity contribution in [2.45, 2.75) is 69.1 Å². The first-order valence-corrected chi connectivity index (χ1v) is 22.3. The van der Waals surface area contributed by atoms with Crippen LogP contribution in [0.4, 0.5) is 11.4 Å². The normalized spacial score (nSPS) is 23.3. The van der Waals surface area contributed by atoms with Crippen LogP contribution in [0.5, 0.6) is 11.5 Å². The predicted molar refractivity (Wildman–Crippen MR) is 216 cm³/mol. The number of hydrogen-bond acceptors (Lipinski definition) is 7. The number of rotatable bonds is 11. The van der Waals surface area contributed by atoms with E-state index >= 15 is 4.79 Å². The van der Waals surface area contributed by atoms with Crippen LogP contribution >= 0.6 is 11.6 Å². The van der Waals surface area contributed by atoms with E-state index < -0.39 is 19.8 Å². The van der Waals surface area contributed by atoms with Gasteiger partial charge in [-0.2, -0.15) is 0 Å². The summed E-state index contributed by atoms with van der Waals surface area (Å²) in [5.74, 6) is 0.540. The number of carbonyl (C=O) groups excluding carboxylic acids is 3. The maximum atomic E-state index is 15.2. The summed E-state index contributed by atoms with van der Waals surface area (Å²) in [6.07, 6.45) is 1.12. The molecule has 3 heterocycles. The number of fused-ring (bicyclic) bond motifs is 2. The Morgan fingerprint density at radius 3 is 2.35 bits per heavy atom. The number of anilines is 2. The van der Waals surface area contributed by atoms with Gasteiger partial charge in [0.25, 0.3) is 11.8 Å². The third kappa shape index (κ3) is 7.03. The number of benzene rings is 4. The Hall–Kier alpha value is -4.68. The zero-order chi connectivity index (χ0) is 39.1. The number of carbonyl (C=O) groups is 3. The highest BCUT2D eigenvalue weighted by Gasteiger charge is 2.66. The SMILES string of the molecule is COc1ccc(C(=O)Nc2cccc(CN3C(=O)[C@]4(O[C@H](CC(=O)N5CCC[C@H]5CO)[C@@H]([Si](C)(C)c5ccc(OC)cc5)[C@@H]4C)c4cc(Cl)ccc43)c2)cc1. The fraction of sp³-hybridized carbons (Fsp3) is 0.372. The maximum Gasteiger partial charge on any atom is 0.264 e. The van der Waals surface area contributed by atoms with Gasteiger partial charge in [0.1, 0.15) is 11.5 Å². The fourth-order valence-electron chi connectivity index (χ4n) is 9.16. The van der Waals surface area contributed by atoms with Crippen molar-refractivity contribution in [1.82, 2.24) is 4.90 Å². The molecule has 3 aliphatic heterocycles. The monoisotopic (exact) mass is 781 g/mol. The quantitative estimate of drug-likeness (QED) is 0.162. The molecule has 55 heavy (non-hydrogen) atoms. The number of likely N-dealkylation sites (tertiary alicyclic amines) is 1. The van der Waals surface area contributed by atoms with Crippen LogP contribution in [0.1, 0.15) is 47.7 Å². The molecule has 1 spiro atoms. The second-order valence-electron chi connectivity index (χ2n) is 15.4. The molecule has 0 saturated carbocycles. The zero-order valence-electron chi connectivity index (χ0n) is 31.9. The molecule has 12 heteroatoms. The molecule has 3 amide bonds. The number of ether oxygens (including phenoxy) is 3. The van der Waals surface area contributed by atoms with Gasteiger partial charge in [-0.05, 0) is 90.7 Å². The molecule has 5 atom stereocenters. The van der Waals surface area contributed by atoms with Crippen LogP contribution in [-0.4, -0.2) is 75.3 Å². The van der Waals surface area contributed by atoms with Crippen LogP contribution in [0.3, 0.4) is 0 Å². The summed E-state index contributed by atoms with van der Waals surface area (Å²) in [6, 6.07) is 27.7. The molecule has 0 aromatic heterocycles. The topological polar surface area (TPSA) is 118 Å². The van der Waals surface area contributed by atoms with Crippen molar-refractivity contribution < 1.29 is 33.7 Å². The largest absolute Gasteiger partial charge is 0.497 e. The number of nitrogens with zero attached hydrogens (tertiary/aromatic N) is 2. The van der Waals surface area contributed by atoms with Crippen molar-refractivity contribution >= 4 is 54.0 Å². The van der Waals surface area contributed by atoms with Gasteiger partial charge in [0.2, 0.25) is 5.91 Å². The van der Waals surface area contributed by atoms with Crippen LogP contribution in [0.2, 0.25) is 23.7 Å². The number of amides is 3. The van der Waals surface area contributed by atoms with E-state index in [-0.39, 0.29) is 54.8 Å². The Balaban J connectivity index is 1.23. The summed E-state index contributed by atoms with van der Waals surface area (Å²) in [6.45, 7) is 7.37. The Bertz CT molecular complexity index is 2080. The van der Waals surface area contributed by atoms with E-state index in [1.807, 2.05) is 48.5 Å². The molecule has 288 valence electrons. The molecular weight excluding hydrogens is 734 g/mol. The molecule has 0 radical (unpaired) electrons. The average molecular weight is 782 g/mol. The minimum Gasteiger partial charge on any atom is -0.497 e. The highest BCUT2D eigenvalue weighted by molar-refractivity contribution is 6.91. The van der Waals surface area contributed by atoms with E-state index in [0.717, 1.165) is 24.2 Å². The lowest BCUT2D eigenvalue weighted by molar-refractivity contribution is -0.150. The smallest absolute Gasteiger partial charge is 0.264 e. The first-order valence-electron chi connectivity index (χ1n) is 18.8. The summed E-state index contributed by atoms with van der Waals surface area (Å²) in [5.41, 5.74) is 1.74. The maximum absolute atomic E-state index is 15.2. The van der Waals surface area contributed by atoms with Crippen LogP contribution in [0.15, 0.2) is 91.0 Å². The second-order valence-corrected chi connectivity index (χ2v) is 20.5. The number of aliphatic hydroxyl groups excluding tert-OH is 1. The van der Waals surface area contributed by atoms with E-state index in [9.17, 15) is 14.7 Å². The van der Waals surface area contributed by atoms with Crippen molar-refractivity contribution in [3.63, 3.8) is 0 Å². The first kappa shape index (κ1) is 38.6. The molecule has 10 nitrogen and oxygen atoms in total. The fourth-order valence-corrected chi connectivity index (χ4v) is 13.3. The van der Waals surface area contributed by atoms with E-state index in [4.69, 9.17) is 25.8 Å². The number of aliphatic hydroxyl groups is 1. The van der Waals surface area contributed by atoms with Gasteiger partial charge < -0.3 is 34.4 Å². The molecule has 0 aliphatic carbocycles. The lowest BCUT2D eigenvalue weighted by atomic mass is 9.82. The Kier molecular flexibility index (Phi) is 10.8. The third-order valence-electron chi connectivity index (χ3n) is 12.0. The lowest BCUT2D eigenvalue weighted by Gasteiger charge is -2.37. The molecule has 3 aliphatic rings. The molecular formula is C43H48ClN3O7Si. The molecule has 0 unspecified atom stereocenters. The van der Waals surface area contributed by atoms with Gasteiger partial charge in [-0.3, -0.25) is 14.4 Å². The molecule has 2 N–H and O–H groups in total. The van der Waals surface area contributed by atoms with Crippen molar-refractivity contribution in [1.29, 1.82) is 0 Å². The number of halogens is 1. The Morgan fingerprint density at radius 2 is 1.67 bits per heavy atom. The van der Waals surface area contributed by atoms with Gasteiger partial charge in [0.05, 0.1) is 59.7 Å². The average Bonchev–Trinajstić information content (AvgIpc) is 3.85. The highest BCUT2D eigenvalue weighted by Crippen LogP contribution is 2.60. The minimum absolute atomic E-state index is 0.0718. The summed E-state index contributed by atoms with van der Waals surface area (Å²) in [5, 5.41) is 14.7. The van der Waals surface area contributed by atoms with Gasteiger partial charge in [0.15, 0.2) is 5.60 Å². The van der Waals surface area contributed by atoms with Crippen LogP contribution in [0.25, 0.3) is 0 Å². The van der Waals surface area contributed by atoms with Crippen molar-refractivity contribution in [2.24, 2.45) is 5.92 Å². The van der Waals surface area contributed by atoms with Gasteiger partial charge in [0, 0.05) is 34.3 Å². The molecule has 2 saturated heterocycles. The van der Waals surface area contributed by atoms with Crippen LogP contribution < -0.4 is 24.9 Å². The number of nitrogens with one attached hydrogen (secondary N) is 1. The molecule has 0 bridgehead atoms. The molecule has 7 rings (SSSR count). The second kappa shape index (κ2) is 15.5. The number of hydrogen-bond donors (Lipinski definition) is 2. The van der Waals surface area contributed by atoms with Crippen molar-refractivity contribution in [3.05, 3.63) is 113 Å². The minimum atomic E-state index is -2.50. The van der Waals surface area contributed by atoms with E-state index in [2.05, 4.69) is 37.5 Å². The third-order valence-corrected chi connectivity index (χ3v) is 16.6. The van der Waals surface area contributed by atoms with Crippen LogP contribution in [-0.2, 0) is 26.5 Å². The lowest BCUT2D eigenvalue weighted by Crippen LogP contribution is -2.52. The highest BCUT2D eigenvalue weighted by atomic mass is 35.5. The molecule has 4 aromatic rings. The van der Waals surface area contributed by atoms with E-state index in [1.165, 1.54) is 5.19 Å². The van der Waals surface area contributed by atoms with E-state index in [1.54, 1.807) is 54.4 Å². The van der Waals surface area contributed by atoms with Gasteiger partial charge in [-0.15, -0.1) is 0 Å². The van der Waals surface area contributed by atoms with Gasteiger partial charge in [-0.25, -0.2) is 0 Å². The number of methoxy groups -OCH3 is 2. The zero-order valence-corrected chi connectivity index (χ0v) is 33.6. The molecule has 2 fully saturated rings. The summed E-state index contributed by atoms with van der Waals surface area (Å²) in [7, 11) is 0.715. The standard InChI is InChI=1S/C43H48ClN3O7Si/c1-27-40(55(4,5)35-18-16-34(53-3)17-19-35)38(24-39(49)46-21-7-10-32(46)26-48)54-43(27)36-23-30(44)13-20-37(36)47(42(43)51)25-28-8-6-9-31(22-28)45-41(50)29-11-14-33(52-2)15-12-29/h6,8-9,11-20,22-23,27,32,38,40,48H,7,10,21,24-26H2,1-5H3,(H,45,50)/t27-,32-,38+,40-,43+/m0/s1. The Morgan fingerprint density at radius 1 is 0.982 bits per heavy atom. The Labute approximate surface area is 328 Å². The summed E-state index contributed by atoms with van der Waals surface area (Å²) >= 11 is 6.69. The van der Waals surface area contributed by atoms with Gasteiger partial charge >= 0.3 is 0 Å². The van der Waals surface area contributed by atoms with Crippen molar-refractivity contribution in [3.8, 4) is 11.5 Å².